The van der Waals surface area contributed by atoms with Crippen molar-refractivity contribution in [1.82, 2.24) is 30.1 Å². The average molecular weight is 398 g/mol. The van der Waals surface area contributed by atoms with Crippen LogP contribution in [-0.4, -0.2) is 30.1 Å². The summed E-state index contributed by atoms with van der Waals surface area (Å²) in [7, 11) is 0. The van der Waals surface area contributed by atoms with Crippen LogP contribution in [-0.2, 0) is 5.54 Å². The van der Waals surface area contributed by atoms with E-state index >= 15 is 0 Å². The molecule has 1 aliphatic carbocycles. The highest BCUT2D eigenvalue weighted by molar-refractivity contribution is 5.89. The van der Waals surface area contributed by atoms with Gasteiger partial charge in [-0.2, -0.15) is 4.98 Å². The lowest BCUT2D eigenvalue weighted by Gasteiger charge is -2.17. The molecule has 0 radical (unpaired) electrons. The molecule has 3 heterocycles. The van der Waals surface area contributed by atoms with Crippen molar-refractivity contribution in [3.63, 3.8) is 0 Å². The van der Waals surface area contributed by atoms with Crippen LogP contribution < -0.4 is 5.73 Å². The zero-order valence-corrected chi connectivity index (χ0v) is 16.2. The number of pyridine rings is 1. The van der Waals surface area contributed by atoms with Gasteiger partial charge in [-0.15, -0.1) is 17.5 Å². The molecule has 144 valence electrons. The van der Waals surface area contributed by atoms with Crippen LogP contribution in [0.1, 0.15) is 37.2 Å². The molecule has 0 bridgehead atoms. The minimum Gasteiger partial charge on any atom is -0.332 e. The molecule has 0 spiro atoms. The maximum absolute atomic E-state index is 6.44. The summed E-state index contributed by atoms with van der Waals surface area (Å²) in [5, 5.41) is 14.8. The summed E-state index contributed by atoms with van der Waals surface area (Å²) in [6.45, 7) is 1.94. The highest BCUT2D eigenvalue weighted by Gasteiger charge is 2.36. The molecule has 1 fully saturated rings. The SMILES string of the molecule is Cc1c(-c2nc(C3(N)CCCC3)no2)nnn1-c1cccc2cnccc12.Cl. The predicted octanol–water partition coefficient (Wildman–Crippen LogP) is 3.32. The van der Waals surface area contributed by atoms with Gasteiger partial charge in [0.1, 0.15) is 0 Å². The first-order chi connectivity index (χ1) is 13.2. The smallest absolute Gasteiger partial charge is 0.280 e. The van der Waals surface area contributed by atoms with Gasteiger partial charge in [-0.05, 0) is 31.9 Å². The Labute approximate surface area is 167 Å². The van der Waals surface area contributed by atoms with Gasteiger partial charge < -0.3 is 10.3 Å². The molecule has 28 heavy (non-hydrogen) atoms. The third kappa shape index (κ3) is 2.85. The molecule has 0 atom stereocenters. The third-order valence-corrected chi connectivity index (χ3v) is 5.35. The van der Waals surface area contributed by atoms with Crippen LogP contribution in [0.25, 0.3) is 28.0 Å². The maximum Gasteiger partial charge on any atom is 0.280 e. The van der Waals surface area contributed by atoms with E-state index < -0.39 is 5.54 Å². The molecule has 0 unspecified atom stereocenters. The Bertz CT molecular complexity index is 1120. The number of hydrogen-bond acceptors (Lipinski definition) is 7. The van der Waals surface area contributed by atoms with Gasteiger partial charge in [0.2, 0.25) is 0 Å². The minimum atomic E-state index is -0.492. The van der Waals surface area contributed by atoms with E-state index in [4.69, 9.17) is 10.3 Å². The van der Waals surface area contributed by atoms with Crippen LogP contribution in [0.3, 0.4) is 0 Å². The van der Waals surface area contributed by atoms with Gasteiger partial charge in [-0.1, -0.05) is 35.3 Å². The molecule has 3 aromatic heterocycles. The van der Waals surface area contributed by atoms with Gasteiger partial charge in [0.15, 0.2) is 11.5 Å². The van der Waals surface area contributed by atoms with Crippen LogP contribution in [0, 0.1) is 6.92 Å². The average Bonchev–Trinajstić information content (AvgIpc) is 3.42. The van der Waals surface area contributed by atoms with E-state index in [0.717, 1.165) is 47.8 Å². The summed E-state index contributed by atoms with van der Waals surface area (Å²) in [4.78, 5) is 8.72. The fraction of sp³-hybridized carbons (Fsp3) is 0.316. The first-order valence-corrected chi connectivity index (χ1v) is 9.05. The number of nitrogens with two attached hydrogens (primary N) is 1. The van der Waals surface area contributed by atoms with E-state index in [9.17, 15) is 0 Å². The number of nitrogens with zero attached hydrogens (tertiary/aromatic N) is 6. The molecule has 1 aromatic carbocycles. The van der Waals surface area contributed by atoms with Crippen molar-refractivity contribution in [3.8, 4) is 17.3 Å². The lowest BCUT2D eigenvalue weighted by molar-refractivity contribution is 0.372. The summed E-state index contributed by atoms with van der Waals surface area (Å²) >= 11 is 0. The van der Waals surface area contributed by atoms with Crippen LogP contribution in [0.2, 0.25) is 0 Å². The highest BCUT2D eigenvalue weighted by Crippen LogP contribution is 2.35. The zero-order chi connectivity index (χ0) is 18.4. The number of rotatable bonds is 3. The second-order valence-electron chi connectivity index (χ2n) is 7.10. The largest absolute Gasteiger partial charge is 0.332 e. The van der Waals surface area contributed by atoms with Gasteiger partial charge in [-0.25, -0.2) is 4.68 Å². The van der Waals surface area contributed by atoms with Gasteiger partial charge in [0.25, 0.3) is 5.89 Å². The summed E-state index contributed by atoms with van der Waals surface area (Å²) in [6.07, 6.45) is 7.53. The van der Waals surface area contributed by atoms with Gasteiger partial charge in [0.05, 0.1) is 16.9 Å². The monoisotopic (exact) mass is 397 g/mol. The lowest BCUT2D eigenvalue weighted by Crippen LogP contribution is -2.34. The fourth-order valence-electron chi connectivity index (χ4n) is 3.80. The molecule has 0 amide bonds. The van der Waals surface area contributed by atoms with E-state index in [1.165, 1.54) is 0 Å². The number of hydrogen-bond donors (Lipinski definition) is 1. The molecule has 1 aliphatic rings. The summed E-state index contributed by atoms with van der Waals surface area (Å²) in [5.41, 5.74) is 8.27. The Morgan fingerprint density at radius 3 is 2.82 bits per heavy atom. The Morgan fingerprint density at radius 1 is 1.18 bits per heavy atom. The minimum absolute atomic E-state index is 0. The molecular weight excluding hydrogens is 378 g/mol. The zero-order valence-electron chi connectivity index (χ0n) is 15.4. The van der Waals surface area contributed by atoms with Crippen molar-refractivity contribution < 1.29 is 4.52 Å². The molecule has 0 aliphatic heterocycles. The summed E-state index contributed by atoms with van der Waals surface area (Å²) < 4.78 is 7.27. The lowest BCUT2D eigenvalue weighted by atomic mass is 9.99. The normalized spacial score (nSPS) is 15.6. The molecule has 4 aromatic rings. The van der Waals surface area contributed by atoms with Crippen molar-refractivity contribution >= 4 is 23.2 Å². The van der Waals surface area contributed by atoms with Crippen LogP contribution in [0.15, 0.2) is 41.2 Å². The number of fused-ring (bicyclic) bond motifs is 1. The topological polar surface area (TPSA) is 109 Å². The fourth-order valence-corrected chi connectivity index (χ4v) is 3.80. The molecule has 9 heteroatoms. The molecule has 2 N–H and O–H groups in total. The maximum atomic E-state index is 6.44. The molecule has 5 rings (SSSR count). The quantitative estimate of drug-likeness (QED) is 0.564. The van der Waals surface area contributed by atoms with E-state index in [2.05, 4.69) is 25.4 Å². The van der Waals surface area contributed by atoms with Crippen molar-refractivity contribution in [2.24, 2.45) is 5.73 Å². The third-order valence-electron chi connectivity index (χ3n) is 5.35. The second-order valence-corrected chi connectivity index (χ2v) is 7.10. The Morgan fingerprint density at radius 2 is 2.00 bits per heavy atom. The first-order valence-electron chi connectivity index (χ1n) is 9.05. The number of aromatic nitrogens is 6. The summed E-state index contributed by atoms with van der Waals surface area (Å²) in [5.74, 6) is 0.910. The Balaban J connectivity index is 0.00000192. The van der Waals surface area contributed by atoms with E-state index in [1.54, 1.807) is 10.9 Å². The van der Waals surface area contributed by atoms with Gasteiger partial charge >= 0.3 is 0 Å². The van der Waals surface area contributed by atoms with E-state index in [0.29, 0.717) is 17.4 Å². The molecule has 8 nitrogen and oxygen atoms in total. The summed E-state index contributed by atoms with van der Waals surface area (Å²) in [6, 6.07) is 7.96. The standard InChI is InChI=1S/C19H19N7O.ClH/c1-12-16(17-22-18(24-27-17)19(20)8-2-3-9-19)23-25-26(12)15-6-4-5-13-11-21-10-7-14(13)15;/h4-7,10-11H,2-3,8-9,20H2,1H3;1H. The molecular formula is C19H20ClN7O. The van der Waals surface area contributed by atoms with Crippen molar-refractivity contribution in [3.05, 3.63) is 48.2 Å². The highest BCUT2D eigenvalue weighted by atomic mass is 35.5. The molecule has 0 saturated heterocycles. The van der Waals surface area contributed by atoms with Crippen molar-refractivity contribution in [2.45, 2.75) is 38.1 Å². The van der Waals surface area contributed by atoms with E-state index in [1.807, 2.05) is 37.4 Å². The van der Waals surface area contributed by atoms with Crippen LogP contribution >= 0.6 is 12.4 Å². The van der Waals surface area contributed by atoms with Crippen LogP contribution in [0.4, 0.5) is 0 Å². The predicted molar refractivity (Wildman–Crippen MR) is 106 cm³/mol. The van der Waals surface area contributed by atoms with Crippen molar-refractivity contribution in [1.29, 1.82) is 0 Å². The first kappa shape index (κ1) is 18.5. The Kier molecular flexibility index (Phi) is 4.60. The Hall–Kier alpha value is -2.84. The van der Waals surface area contributed by atoms with Gasteiger partial charge in [0, 0.05) is 23.2 Å². The number of halogens is 1. The van der Waals surface area contributed by atoms with E-state index in [-0.39, 0.29) is 12.4 Å². The van der Waals surface area contributed by atoms with Crippen molar-refractivity contribution in [2.75, 3.05) is 0 Å². The second kappa shape index (κ2) is 6.96. The molecule has 1 saturated carbocycles. The van der Waals surface area contributed by atoms with Crippen LogP contribution in [0.5, 0.6) is 0 Å². The number of benzene rings is 1. The van der Waals surface area contributed by atoms with Gasteiger partial charge in [-0.3, -0.25) is 4.98 Å².